The zero-order valence-electron chi connectivity index (χ0n) is 16.0. The highest BCUT2D eigenvalue weighted by atomic mass is 15.2. The molecule has 4 rings (SSSR count). The summed E-state index contributed by atoms with van der Waals surface area (Å²) in [4.78, 5) is 2.35. The number of likely N-dealkylation sites (tertiary alicyclic amines) is 1. The minimum absolute atomic E-state index is 0.388. The molecular weight excluding hydrogens is 336 g/mol. The van der Waals surface area contributed by atoms with Crippen molar-refractivity contribution in [3.63, 3.8) is 0 Å². The lowest BCUT2D eigenvalue weighted by atomic mass is 10.0. The molecule has 3 heterocycles. The summed E-state index contributed by atoms with van der Waals surface area (Å²) in [6.07, 6.45) is 4.39. The smallest absolute Gasteiger partial charge is 0.173 e. The zero-order chi connectivity index (χ0) is 19.0. The summed E-state index contributed by atoms with van der Waals surface area (Å²) in [5.74, 6) is 0.841. The van der Waals surface area contributed by atoms with Crippen LogP contribution < -0.4 is 5.32 Å². The SMILES string of the molecule is Cc1cc(C#N)ccc1-c1nnc(N[C@@H]2CCCN(C)C2)c2c1ccn2C. The maximum Gasteiger partial charge on any atom is 0.173 e. The number of nitriles is 1. The molecule has 0 unspecified atom stereocenters. The van der Waals surface area contributed by atoms with Crippen molar-refractivity contribution in [1.29, 1.82) is 5.26 Å². The molecule has 138 valence electrons. The van der Waals surface area contributed by atoms with Gasteiger partial charge in [0.1, 0.15) is 5.69 Å². The average Bonchev–Trinajstić information content (AvgIpc) is 3.05. The lowest BCUT2D eigenvalue weighted by Gasteiger charge is -2.30. The van der Waals surface area contributed by atoms with Gasteiger partial charge in [0.2, 0.25) is 0 Å². The van der Waals surface area contributed by atoms with Crippen molar-refractivity contribution in [2.24, 2.45) is 7.05 Å². The van der Waals surface area contributed by atoms with E-state index in [1.54, 1.807) is 0 Å². The Bertz CT molecular complexity index is 1030. The summed E-state index contributed by atoms with van der Waals surface area (Å²) in [6, 6.07) is 10.4. The van der Waals surface area contributed by atoms with Crippen molar-refractivity contribution < 1.29 is 0 Å². The number of nitrogens with zero attached hydrogens (tertiary/aromatic N) is 5. The molecule has 6 nitrogen and oxygen atoms in total. The molecule has 1 fully saturated rings. The van der Waals surface area contributed by atoms with Gasteiger partial charge in [-0.05, 0) is 57.1 Å². The molecule has 1 atom stereocenters. The molecule has 1 saturated heterocycles. The fourth-order valence-electron chi connectivity index (χ4n) is 3.99. The lowest BCUT2D eigenvalue weighted by Crippen LogP contribution is -2.40. The predicted molar refractivity (Wildman–Crippen MR) is 108 cm³/mol. The van der Waals surface area contributed by atoms with Crippen LogP contribution in [0.2, 0.25) is 0 Å². The number of hydrogen-bond acceptors (Lipinski definition) is 5. The Hall–Kier alpha value is -2.91. The molecule has 0 bridgehead atoms. The highest BCUT2D eigenvalue weighted by Crippen LogP contribution is 2.33. The fraction of sp³-hybridized carbons (Fsp3) is 0.381. The van der Waals surface area contributed by atoms with E-state index in [9.17, 15) is 0 Å². The highest BCUT2D eigenvalue weighted by molar-refractivity contribution is 5.99. The summed E-state index contributed by atoms with van der Waals surface area (Å²) in [5, 5.41) is 22.9. The first kappa shape index (κ1) is 17.5. The van der Waals surface area contributed by atoms with Gasteiger partial charge in [0, 0.05) is 36.8 Å². The van der Waals surface area contributed by atoms with E-state index in [1.807, 2.05) is 32.2 Å². The molecule has 1 aliphatic rings. The second kappa shape index (κ2) is 7.01. The van der Waals surface area contributed by atoms with E-state index in [2.05, 4.69) is 50.4 Å². The first-order valence-electron chi connectivity index (χ1n) is 9.34. The van der Waals surface area contributed by atoms with Gasteiger partial charge in [0.25, 0.3) is 0 Å². The van der Waals surface area contributed by atoms with Crippen molar-refractivity contribution in [2.45, 2.75) is 25.8 Å². The van der Waals surface area contributed by atoms with E-state index < -0.39 is 0 Å². The molecule has 0 spiro atoms. The maximum atomic E-state index is 9.12. The van der Waals surface area contributed by atoms with Crippen LogP contribution in [-0.2, 0) is 7.05 Å². The van der Waals surface area contributed by atoms with Gasteiger partial charge < -0.3 is 14.8 Å². The topological polar surface area (TPSA) is 69.8 Å². The Morgan fingerprint density at radius 2 is 2.07 bits per heavy atom. The van der Waals surface area contributed by atoms with E-state index in [4.69, 9.17) is 5.26 Å². The number of benzene rings is 1. The van der Waals surface area contributed by atoms with Gasteiger partial charge in [-0.15, -0.1) is 10.2 Å². The number of aryl methyl sites for hydroxylation is 2. The van der Waals surface area contributed by atoms with Crippen LogP contribution in [0.5, 0.6) is 0 Å². The van der Waals surface area contributed by atoms with Gasteiger partial charge in [-0.2, -0.15) is 5.26 Å². The molecule has 1 aromatic carbocycles. The third kappa shape index (κ3) is 3.26. The fourth-order valence-corrected chi connectivity index (χ4v) is 3.99. The predicted octanol–water partition coefficient (Wildman–Crippen LogP) is 3.32. The molecule has 0 radical (unpaired) electrons. The Labute approximate surface area is 159 Å². The molecule has 3 aromatic rings. The molecule has 1 N–H and O–H groups in total. The van der Waals surface area contributed by atoms with Crippen LogP contribution in [0.15, 0.2) is 30.5 Å². The van der Waals surface area contributed by atoms with E-state index in [1.165, 1.54) is 6.42 Å². The number of nitrogens with one attached hydrogen (secondary N) is 1. The summed E-state index contributed by atoms with van der Waals surface area (Å²) >= 11 is 0. The first-order chi connectivity index (χ1) is 13.1. The van der Waals surface area contributed by atoms with Gasteiger partial charge >= 0.3 is 0 Å². The monoisotopic (exact) mass is 360 g/mol. The number of piperidine rings is 1. The number of rotatable bonds is 3. The Balaban J connectivity index is 1.76. The minimum atomic E-state index is 0.388. The van der Waals surface area contributed by atoms with Gasteiger partial charge in [-0.25, -0.2) is 0 Å². The Kier molecular flexibility index (Phi) is 4.54. The van der Waals surface area contributed by atoms with Crippen LogP contribution >= 0.6 is 0 Å². The Morgan fingerprint density at radius 3 is 2.81 bits per heavy atom. The second-order valence-electron chi connectivity index (χ2n) is 7.47. The average molecular weight is 360 g/mol. The summed E-state index contributed by atoms with van der Waals surface area (Å²) in [7, 11) is 4.20. The van der Waals surface area contributed by atoms with Crippen molar-refractivity contribution in [1.82, 2.24) is 19.7 Å². The standard InChI is InChI=1S/C21H24N6/c1-14-11-15(12-22)6-7-17(14)19-18-8-10-27(3)20(18)21(25-24-19)23-16-5-4-9-26(2)13-16/h6-8,10-11,16H,4-5,9,13H2,1-3H3,(H,23,25)/t16-/m1/s1. The number of hydrogen-bond donors (Lipinski definition) is 1. The normalized spacial score (nSPS) is 17.8. The minimum Gasteiger partial charge on any atom is -0.363 e. The van der Waals surface area contributed by atoms with Gasteiger partial charge in [0.15, 0.2) is 5.82 Å². The van der Waals surface area contributed by atoms with Gasteiger partial charge in [-0.1, -0.05) is 6.07 Å². The zero-order valence-corrected chi connectivity index (χ0v) is 16.0. The summed E-state index contributed by atoms with van der Waals surface area (Å²) < 4.78 is 2.10. The van der Waals surface area contributed by atoms with Gasteiger partial charge in [-0.3, -0.25) is 0 Å². The third-order valence-electron chi connectivity index (χ3n) is 5.38. The summed E-state index contributed by atoms with van der Waals surface area (Å²) in [6.45, 7) is 4.18. The number of aromatic nitrogens is 3. The number of likely N-dealkylation sites (N-methyl/N-ethyl adjacent to an activating group) is 1. The van der Waals surface area contributed by atoms with Crippen molar-refractivity contribution >= 4 is 16.7 Å². The highest BCUT2D eigenvalue weighted by Gasteiger charge is 2.21. The van der Waals surface area contributed by atoms with Crippen LogP contribution in [-0.4, -0.2) is 45.8 Å². The van der Waals surface area contributed by atoms with Crippen LogP contribution in [0.4, 0.5) is 5.82 Å². The van der Waals surface area contributed by atoms with E-state index in [-0.39, 0.29) is 0 Å². The molecular formula is C21H24N6. The number of anilines is 1. The van der Waals surface area contributed by atoms with Crippen LogP contribution in [0.25, 0.3) is 22.2 Å². The van der Waals surface area contributed by atoms with Crippen molar-refractivity contribution in [2.75, 3.05) is 25.5 Å². The molecule has 27 heavy (non-hydrogen) atoms. The molecule has 1 aliphatic heterocycles. The third-order valence-corrected chi connectivity index (χ3v) is 5.38. The van der Waals surface area contributed by atoms with Crippen LogP contribution in [0, 0.1) is 18.3 Å². The molecule has 0 aliphatic carbocycles. The summed E-state index contributed by atoms with van der Waals surface area (Å²) in [5.41, 5.74) is 4.63. The number of fused-ring (bicyclic) bond motifs is 1. The van der Waals surface area contributed by atoms with E-state index >= 15 is 0 Å². The molecule has 2 aromatic heterocycles. The first-order valence-corrected chi connectivity index (χ1v) is 9.34. The largest absolute Gasteiger partial charge is 0.363 e. The molecule has 6 heteroatoms. The molecule has 0 saturated carbocycles. The Morgan fingerprint density at radius 1 is 1.22 bits per heavy atom. The lowest BCUT2D eigenvalue weighted by molar-refractivity contribution is 0.261. The second-order valence-corrected chi connectivity index (χ2v) is 7.47. The van der Waals surface area contributed by atoms with Crippen molar-refractivity contribution in [3.05, 3.63) is 41.6 Å². The van der Waals surface area contributed by atoms with Crippen molar-refractivity contribution in [3.8, 4) is 17.3 Å². The maximum absolute atomic E-state index is 9.12. The van der Waals surface area contributed by atoms with E-state index in [0.717, 1.165) is 53.1 Å². The van der Waals surface area contributed by atoms with Crippen LogP contribution in [0.1, 0.15) is 24.0 Å². The van der Waals surface area contributed by atoms with Crippen LogP contribution in [0.3, 0.4) is 0 Å². The quantitative estimate of drug-likeness (QED) is 0.776. The molecule has 0 amide bonds. The van der Waals surface area contributed by atoms with Gasteiger partial charge in [0.05, 0.1) is 17.1 Å². The van der Waals surface area contributed by atoms with E-state index in [0.29, 0.717) is 11.6 Å².